The van der Waals surface area contributed by atoms with Crippen molar-refractivity contribution in [2.45, 2.75) is 10.3 Å². The number of nitrogen functional groups attached to an aromatic ring is 1. The molecule has 0 bridgehead atoms. The van der Waals surface area contributed by atoms with Crippen LogP contribution in [0.4, 0.5) is 47.8 Å². The van der Waals surface area contributed by atoms with Crippen LogP contribution in [0, 0.1) is 46.6 Å². The molecule has 200 valence electrons. The minimum Gasteiger partial charge on any atom is -0.394 e. The molecule has 0 aromatic heterocycles. The lowest BCUT2D eigenvalue weighted by Gasteiger charge is -2.12. The van der Waals surface area contributed by atoms with E-state index in [4.69, 9.17) is 40.5 Å². The number of halogens is 10. The molecular formula is C23H11Cl3F7N3O2. The van der Waals surface area contributed by atoms with E-state index in [1.165, 1.54) is 6.07 Å². The lowest BCUT2D eigenvalue weighted by Crippen LogP contribution is -2.19. The Morgan fingerprint density at radius 3 is 2.00 bits per heavy atom. The predicted octanol–water partition coefficient (Wildman–Crippen LogP) is 6.67. The maximum absolute atomic E-state index is 14.3. The molecule has 1 fully saturated rings. The Hall–Kier alpha value is -3.22. The number of rotatable bonds is 5. The number of carbonyl (C=O) groups excluding carboxylic acids is 2. The monoisotopic (exact) mass is 599 g/mol. The average Bonchev–Trinajstić information content (AvgIpc) is 3.44. The minimum absolute atomic E-state index is 0.129. The Kier molecular flexibility index (Phi) is 7.19. The summed E-state index contributed by atoms with van der Waals surface area (Å²) in [6.45, 7) is 0. The van der Waals surface area contributed by atoms with E-state index in [9.17, 15) is 40.3 Å². The molecule has 5 nitrogen and oxygen atoms in total. The van der Waals surface area contributed by atoms with Gasteiger partial charge in [0, 0.05) is 17.2 Å². The van der Waals surface area contributed by atoms with E-state index in [1.807, 2.05) is 0 Å². The van der Waals surface area contributed by atoms with Crippen LogP contribution in [0.15, 0.2) is 30.3 Å². The number of hydrogen-bond acceptors (Lipinski definition) is 3. The SMILES string of the molecule is Nc1c(F)ccc(NC(=O)c2cc(NC(=O)[C@@H]3[C@@H](c4c(F)c(F)c(F)c(F)c4F)C3(Cl)Cl)ccc2Cl)c1F. The van der Waals surface area contributed by atoms with E-state index in [0.717, 1.165) is 24.3 Å². The number of nitrogens with one attached hydrogen (secondary N) is 2. The largest absolute Gasteiger partial charge is 0.394 e. The third-order valence-corrected chi connectivity index (χ3v) is 7.01. The van der Waals surface area contributed by atoms with Gasteiger partial charge < -0.3 is 16.4 Å². The second kappa shape index (κ2) is 9.83. The highest BCUT2D eigenvalue weighted by Crippen LogP contribution is 2.66. The maximum Gasteiger partial charge on any atom is 0.257 e. The van der Waals surface area contributed by atoms with Gasteiger partial charge >= 0.3 is 0 Å². The van der Waals surface area contributed by atoms with Gasteiger partial charge in [0.05, 0.1) is 22.2 Å². The van der Waals surface area contributed by atoms with Crippen molar-refractivity contribution >= 4 is 63.7 Å². The van der Waals surface area contributed by atoms with Crippen molar-refractivity contribution in [3.63, 3.8) is 0 Å². The van der Waals surface area contributed by atoms with E-state index in [0.29, 0.717) is 0 Å². The summed E-state index contributed by atoms with van der Waals surface area (Å²) in [5, 5.41) is 4.23. The zero-order valence-corrected chi connectivity index (χ0v) is 20.5. The fourth-order valence-electron chi connectivity index (χ4n) is 3.76. The van der Waals surface area contributed by atoms with Gasteiger partial charge in [-0.05, 0) is 30.3 Å². The summed E-state index contributed by atoms with van der Waals surface area (Å²) in [5.41, 5.74) is 2.15. The number of nitrogens with two attached hydrogens (primary N) is 1. The zero-order valence-electron chi connectivity index (χ0n) is 18.2. The van der Waals surface area contributed by atoms with Gasteiger partial charge in [0.1, 0.15) is 15.8 Å². The van der Waals surface area contributed by atoms with E-state index in [2.05, 4.69) is 10.6 Å². The fourth-order valence-corrected chi connectivity index (χ4v) is 4.76. The Labute approximate surface area is 223 Å². The molecule has 2 amide bonds. The van der Waals surface area contributed by atoms with Crippen molar-refractivity contribution in [2.75, 3.05) is 16.4 Å². The lowest BCUT2D eigenvalue weighted by atomic mass is 10.1. The number of benzene rings is 3. The molecule has 3 aromatic carbocycles. The van der Waals surface area contributed by atoms with E-state index in [1.54, 1.807) is 0 Å². The molecule has 0 aliphatic heterocycles. The summed E-state index contributed by atoms with van der Waals surface area (Å²) in [5.74, 6) is -19.1. The molecule has 0 saturated heterocycles. The van der Waals surface area contributed by atoms with E-state index in [-0.39, 0.29) is 16.3 Å². The first kappa shape index (κ1) is 27.8. The van der Waals surface area contributed by atoms with Gasteiger partial charge in [0.15, 0.2) is 29.1 Å². The van der Waals surface area contributed by atoms with Gasteiger partial charge in [-0.1, -0.05) is 11.6 Å². The third kappa shape index (κ3) is 4.61. The smallest absolute Gasteiger partial charge is 0.257 e. The van der Waals surface area contributed by atoms with Gasteiger partial charge in [-0.15, -0.1) is 23.2 Å². The maximum atomic E-state index is 14.3. The van der Waals surface area contributed by atoms with E-state index >= 15 is 0 Å². The Morgan fingerprint density at radius 2 is 1.39 bits per heavy atom. The molecule has 1 aliphatic rings. The first-order chi connectivity index (χ1) is 17.7. The molecule has 4 rings (SSSR count). The molecule has 1 saturated carbocycles. The molecule has 4 N–H and O–H groups in total. The Bertz CT molecular complexity index is 1490. The van der Waals surface area contributed by atoms with Crippen LogP contribution in [0.5, 0.6) is 0 Å². The minimum atomic E-state index is -2.39. The second-order valence-electron chi connectivity index (χ2n) is 8.07. The number of alkyl halides is 2. The number of hydrogen-bond donors (Lipinski definition) is 3. The average molecular weight is 601 g/mol. The lowest BCUT2D eigenvalue weighted by molar-refractivity contribution is -0.117. The first-order valence-corrected chi connectivity index (χ1v) is 11.4. The van der Waals surface area contributed by atoms with Crippen molar-refractivity contribution in [2.24, 2.45) is 5.92 Å². The van der Waals surface area contributed by atoms with Crippen molar-refractivity contribution in [3.8, 4) is 0 Å². The molecule has 0 heterocycles. The van der Waals surface area contributed by atoms with Crippen molar-refractivity contribution in [1.29, 1.82) is 0 Å². The van der Waals surface area contributed by atoms with Crippen LogP contribution in [-0.2, 0) is 4.79 Å². The number of anilines is 3. The first-order valence-electron chi connectivity index (χ1n) is 10.2. The van der Waals surface area contributed by atoms with Gasteiger partial charge in [-0.25, -0.2) is 30.7 Å². The van der Waals surface area contributed by atoms with Gasteiger partial charge in [-0.3, -0.25) is 9.59 Å². The van der Waals surface area contributed by atoms with Gasteiger partial charge in [0.25, 0.3) is 5.91 Å². The molecule has 38 heavy (non-hydrogen) atoms. The highest BCUT2D eigenvalue weighted by atomic mass is 35.5. The summed E-state index contributed by atoms with van der Waals surface area (Å²) in [6, 6.07) is 5.11. The molecule has 2 atom stereocenters. The summed E-state index contributed by atoms with van der Waals surface area (Å²) in [6.07, 6.45) is 0. The zero-order chi connectivity index (χ0) is 28.3. The van der Waals surface area contributed by atoms with Crippen LogP contribution in [-0.4, -0.2) is 16.1 Å². The standard InChI is InChI=1S/C23H11Cl3F7N3O2/c24-8-2-1-6(5-7(8)21(37)36-10-4-3-9(27)20(34)14(10)28)35-22(38)13-12(23(13,25)26)11-15(29)17(31)19(33)18(32)16(11)30/h1-5,12-13H,34H2,(H,35,38)(H,36,37)/t12-,13+/m1/s1. The Balaban J connectivity index is 1.58. The predicted molar refractivity (Wildman–Crippen MR) is 126 cm³/mol. The van der Waals surface area contributed by atoms with E-state index < -0.39 is 85.6 Å². The summed E-state index contributed by atoms with van der Waals surface area (Å²) >= 11 is 17.9. The second-order valence-corrected chi connectivity index (χ2v) is 9.93. The van der Waals surface area contributed by atoms with Crippen LogP contribution in [0.3, 0.4) is 0 Å². The molecule has 15 heteroatoms. The van der Waals surface area contributed by atoms with Gasteiger partial charge in [0.2, 0.25) is 11.7 Å². The van der Waals surface area contributed by atoms with Crippen molar-refractivity contribution < 1.29 is 40.3 Å². The fraction of sp³-hybridized carbons (Fsp3) is 0.130. The van der Waals surface area contributed by atoms with Crippen LogP contribution >= 0.6 is 34.8 Å². The quantitative estimate of drug-likeness (QED) is 0.101. The highest BCUT2D eigenvalue weighted by Gasteiger charge is 2.69. The molecule has 0 spiro atoms. The van der Waals surface area contributed by atoms with Crippen LogP contribution < -0.4 is 16.4 Å². The molecular weight excluding hydrogens is 590 g/mol. The van der Waals surface area contributed by atoms with Crippen LogP contribution in [0.1, 0.15) is 21.8 Å². The Morgan fingerprint density at radius 1 is 0.816 bits per heavy atom. The van der Waals surface area contributed by atoms with Crippen molar-refractivity contribution in [3.05, 3.63) is 87.2 Å². The number of carbonyl (C=O) groups is 2. The molecule has 0 radical (unpaired) electrons. The summed E-state index contributed by atoms with van der Waals surface area (Å²) < 4.78 is 94.5. The van der Waals surface area contributed by atoms with Gasteiger partial charge in [-0.2, -0.15) is 0 Å². The summed E-state index contributed by atoms with van der Waals surface area (Å²) in [7, 11) is 0. The number of amides is 2. The molecule has 0 unspecified atom stereocenters. The van der Waals surface area contributed by atoms with Crippen LogP contribution in [0.2, 0.25) is 5.02 Å². The molecule has 3 aromatic rings. The van der Waals surface area contributed by atoms with Crippen molar-refractivity contribution in [1.82, 2.24) is 0 Å². The topological polar surface area (TPSA) is 84.2 Å². The third-order valence-electron chi connectivity index (χ3n) is 5.74. The normalized spacial score (nSPS) is 17.7. The van der Waals surface area contributed by atoms with Crippen LogP contribution in [0.25, 0.3) is 0 Å². The molecule has 1 aliphatic carbocycles. The highest BCUT2D eigenvalue weighted by molar-refractivity contribution is 6.53. The summed E-state index contributed by atoms with van der Waals surface area (Å²) in [4.78, 5) is 25.4.